The average Bonchev–Trinajstić information content (AvgIpc) is 2.93. The minimum absolute atomic E-state index is 0.0542. The number of hydrogen-bond acceptors (Lipinski definition) is 4. The zero-order chi connectivity index (χ0) is 15.4. The highest BCUT2D eigenvalue weighted by molar-refractivity contribution is 5.94. The van der Waals surface area contributed by atoms with Crippen LogP contribution in [0.2, 0.25) is 0 Å². The van der Waals surface area contributed by atoms with E-state index in [1.807, 2.05) is 13.1 Å². The maximum Gasteiger partial charge on any atom is 0.273 e. The summed E-state index contributed by atoms with van der Waals surface area (Å²) in [6, 6.07) is 4.44. The number of aromatic nitrogens is 2. The van der Waals surface area contributed by atoms with Crippen LogP contribution in [0.4, 0.5) is 5.69 Å². The van der Waals surface area contributed by atoms with Crippen molar-refractivity contribution in [1.29, 1.82) is 0 Å². The van der Waals surface area contributed by atoms with Crippen molar-refractivity contribution in [3.8, 4) is 0 Å². The molecule has 0 radical (unpaired) electrons. The Hall–Kier alpha value is -2.70. The van der Waals surface area contributed by atoms with E-state index in [0.29, 0.717) is 12.1 Å². The number of nitrogens with one attached hydrogen (secondary N) is 1. The lowest BCUT2D eigenvalue weighted by atomic mass is 10.1. The molecule has 21 heavy (non-hydrogen) atoms. The molecule has 1 aromatic carbocycles. The molecule has 0 spiro atoms. The summed E-state index contributed by atoms with van der Waals surface area (Å²) in [5, 5.41) is 17.7. The van der Waals surface area contributed by atoms with Crippen LogP contribution in [0, 0.1) is 17.0 Å². The summed E-state index contributed by atoms with van der Waals surface area (Å²) in [6.45, 7) is 4.71. The van der Waals surface area contributed by atoms with Crippen molar-refractivity contribution in [2.24, 2.45) is 0 Å². The van der Waals surface area contributed by atoms with E-state index in [0.717, 1.165) is 12.1 Å². The van der Waals surface area contributed by atoms with Crippen molar-refractivity contribution in [3.63, 3.8) is 0 Å². The second-order valence-corrected chi connectivity index (χ2v) is 4.65. The highest BCUT2D eigenvalue weighted by Gasteiger charge is 2.14. The summed E-state index contributed by atoms with van der Waals surface area (Å²) >= 11 is 0. The number of aryl methyl sites for hydroxylation is 2. The molecule has 7 nitrogen and oxygen atoms in total. The number of carbonyl (C=O) groups excluding carboxylic acids is 1. The molecular formula is C14H16N4O3. The van der Waals surface area contributed by atoms with Gasteiger partial charge in [-0.25, -0.2) is 0 Å². The summed E-state index contributed by atoms with van der Waals surface area (Å²) in [5.41, 5.74) is 1.63. The van der Waals surface area contributed by atoms with Crippen LogP contribution >= 0.6 is 0 Å². The quantitative estimate of drug-likeness (QED) is 0.673. The molecule has 0 saturated heterocycles. The molecule has 1 aromatic heterocycles. The number of benzene rings is 1. The van der Waals surface area contributed by atoms with Gasteiger partial charge in [-0.2, -0.15) is 5.10 Å². The number of rotatable bonds is 5. The molecule has 1 N–H and O–H groups in total. The lowest BCUT2D eigenvalue weighted by molar-refractivity contribution is -0.385. The van der Waals surface area contributed by atoms with Crippen LogP contribution in [-0.2, 0) is 13.1 Å². The van der Waals surface area contributed by atoms with E-state index >= 15 is 0 Å². The molecule has 0 aliphatic carbocycles. The number of hydrogen-bond donors (Lipinski definition) is 1. The van der Waals surface area contributed by atoms with Gasteiger partial charge in [0.25, 0.3) is 11.6 Å². The van der Waals surface area contributed by atoms with Gasteiger partial charge in [-0.1, -0.05) is 6.07 Å². The van der Waals surface area contributed by atoms with Gasteiger partial charge in [0.15, 0.2) is 0 Å². The fourth-order valence-electron chi connectivity index (χ4n) is 1.90. The molecule has 0 bridgehead atoms. The zero-order valence-corrected chi connectivity index (χ0v) is 11.9. The van der Waals surface area contributed by atoms with Crippen LogP contribution in [0.1, 0.15) is 28.4 Å². The maximum absolute atomic E-state index is 12.0. The van der Waals surface area contributed by atoms with E-state index in [1.165, 1.54) is 6.07 Å². The first kappa shape index (κ1) is 14.7. The Kier molecular flexibility index (Phi) is 4.32. The Morgan fingerprint density at radius 2 is 2.24 bits per heavy atom. The maximum atomic E-state index is 12.0. The minimum Gasteiger partial charge on any atom is -0.348 e. The zero-order valence-electron chi connectivity index (χ0n) is 11.9. The number of nitrogens with zero attached hydrogens (tertiary/aromatic N) is 3. The Bertz CT molecular complexity index is 679. The monoisotopic (exact) mass is 288 g/mol. The van der Waals surface area contributed by atoms with Crippen LogP contribution in [0.3, 0.4) is 0 Å². The lowest BCUT2D eigenvalue weighted by Gasteiger charge is -2.04. The van der Waals surface area contributed by atoms with Crippen LogP contribution in [-0.4, -0.2) is 20.6 Å². The topological polar surface area (TPSA) is 90.1 Å². The second kappa shape index (κ2) is 6.17. The van der Waals surface area contributed by atoms with E-state index < -0.39 is 4.92 Å². The lowest BCUT2D eigenvalue weighted by Crippen LogP contribution is -2.22. The normalized spacial score (nSPS) is 10.4. The Balaban J connectivity index is 2.06. The summed E-state index contributed by atoms with van der Waals surface area (Å²) in [7, 11) is 0. The molecule has 110 valence electrons. The molecular weight excluding hydrogens is 272 g/mol. The van der Waals surface area contributed by atoms with Crippen molar-refractivity contribution in [3.05, 3.63) is 57.4 Å². The molecule has 1 heterocycles. The molecule has 1 amide bonds. The van der Waals surface area contributed by atoms with Gasteiger partial charge in [-0.3, -0.25) is 19.6 Å². The second-order valence-electron chi connectivity index (χ2n) is 4.65. The van der Waals surface area contributed by atoms with Gasteiger partial charge in [0.05, 0.1) is 11.1 Å². The van der Waals surface area contributed by atoms with E-state index in [2.05, 4.69) is 10.4 Å². The molecule has 0 fully saturated rings. The summed E-state index contributed by atoms with van der Waals surface area (Å²) < 4.78 is 1.76. The van der Waals surface area contributed by atoms with Crippen LogP contribution in [0.5, 0.6) is 0 Å². The average molecular weight is 288 g/mol. The van der Waals surface area contributed by atoms with E-state index in [4.69, 9.17) is 0 Å². The van der Waals surface area contributed by atoms with Crippen molar-refractivity contribution in [1.82, 2.24) is 15.1 Å². The third-order valence-corrected chi connectivity index (χ3v) is 3.13. The first-order valence-corrected chi connectivity index (χ1v) is 6.56. The first-order chi connectivity index (χ1) is 10.0. The summed E-state index contributed by atoms with van der Waals surface area (Å²) in [5.74, 6) is -0.345. The summed E-state index contributed by atoms with van der Waals surface area (Å²) in [4.78, 5) is 22.4. The van der Waals surface area contributed by atoms with Gasteiger partial charge in [-0.15, -0.1) is 0 Å². The highest BCUT2D eigenvalue weighted by Crippen LogP contribution is 2.19. The number of carbonyl (C=O) groups is 1. The predicted molar refractivity (Wildman–Crippen MR) is 76.9 cm³/mol. The van der Waals surface area contributed by atoms with Gasteiger partial charge >= 0.3 is 0 Å². The fraction of sp³-hybridized carbons (Fsp3) is 0.286. The van der Waals surface area contributed by atoms with E-state index in [-0.39, 0.29) is 17.2 Å². The van der Waals surface area contributed by atoms with Crippen molar-refractivity contribution in [2.45, 2.75) is 26.9 Å². The van der Waals surface area contributed by atoms with Crippen molar-refractivity contribution >= 4 is 11.6 Å². The molecule has 7 heteroatoms. The first-order valence-electron chi connectivity index (χ1n) is 6.56. The Morgan fingerprint density at radius 1 is 1.48 bits per heavy atom. The molecule has 0 unspecified atom stereocenters. The van der Waals surface area contributed by atoms with Crippen molar-refractivity contribution < 1.29 is 9.72 Å². The molecule has 2 rings (SSSR count). The van der Waals surface area contributed by atoms with Crippen LogP contribution < -0.4 is 5.32 Å². The van der Waals surface area contributed by atoms with Crippen LogP contribution in [0.25, 0.3) is 0 Å². The van der Waals surface area contributed by atoms with E-state index in [1.54, 1.807) is 29.9 Å². The summed E-state index contributed by atoms with van der Waals surface area (Å²) in [6.07, 6.45) is 3.53. The highest BCUT2D eigenvalue weighted by atomic mass is 16.6. The molecule has 0 aliphatic heterocycles. The largest absolute Gasteiger partial charge is 0.348 e. The number of nitro groups is 1. The smallest absolute Gasteiger partial charge is 0.273 e. The number of amides is 1. The SMILES string of the molecule is CCn1cc(CNC(=O)c2ccc(C)c([N+](=O)[O-])c2)cn1. The standard InChI is InChI=1S/C14H16N4O3/c1-3-17-9-11(8-16-17)7-15-14(19)12-5-4-10(2)13(6-12)18(20)21/h4-6,8-9H,3,7H2,1-2H3,(H,15,19). The third-order valence-electron chi connectivity index (χ3n) is 3.13. The van der Waals surface area contributed by atoms with E-state index in [9.17, 15) is 14.9 Å². The Labute approximate surface area is 121 Å². The van der Waals surface area contributed by atoms with Gasteiger partial charge in [0.1, 0.15) is 0 Å². The molecule has 0 atom stereocenters. The third kappa shape index (κ3) is 3.44. The minimum atomic E-state index is -0.489. The molecule has 0 aliphatic rings. The van der Waals surface area contributed by atoms with Gasteiger partial charge in [0.2, 0.25) is 0 Å². The van der Waals surface area contributed by atoms with Gasteiger partial charge < -0.3 is 5.32 Å². The number of nitro benzene ring substituents is 1. The van der Waals surface area contributed by atoms with Gasteiger partial charge in [0, 0.05) is 42.0 Å². The predicted octanol–water partition coefficient (Wildman–Crippen LogP) is 2.05. The Morgan fingerprint density at radius 3 is 2.86 bits per heavy atom. The molecule has 0 saturated carbocycles. The fourth-order valence-corrected chi connectivity index (χ4v) is 1.90. The van der Waals surface area contributed by atoms with Crippen LogP contribution in [0.15, 0.2) is 30.6 Å². The van der Waals surface area contributed by atoms with Gasteiger partial charge in [-0.05, 0) is 19.9 Å². The van der Waals surface area contributed by atoms with Crippen molar-refractivity contribution in [2.75, 3.05) is 0 Å². The molecule has 2 aromatic rings.